The summed E-state index contributed by atoms with van der Waals surface area (Å²) in [6.45, 7) is 8.17. The largest absolute Gasteiger partial charge is 0.462 e. The van der Waals surface area contributed by atoms with Gasteiger partial charge in [0.15, 0.2) is 0 Å². The number of nitrogens with zero attached hydrogens (tertiary/aromatic N) is 1. The number of nitro benzene ring substituents is 1. The van der Waals surface area contributed by atoms with Crippen molar-refractivity contribution >= 4 is 11.7 Å². The van der Waals surface area contributed by atoms with Crippen LogP contribution in [0.1, 0.15) is 37.0 Å². The van der Waals surface area contributed by atoms with E-state index in [0.29, 0.717) is 12.2 Å². The molecule has 1 aromatic rings. The molecule has 0 aliphatic heterocycles. The number of nitro groups is 1. The molecule has 0 saturated heterocycles. The van der Waals surface area contributed by atoms with Crippen LogP contribution in [0.2, 0.25) is 0 Å². The smallest absolute Gasteiger partial charge is 0.338 e. The summed E-state index contributed by atoms with van der Waals surface area (Å²) in [5.41, 5.74) is 0.308. The molecule has 20 heavy (non-hydrogen) atoms. The van der Waals surface area contributed by atoms with Gasteiger partial charge in [0.2, 0.25) is 0 Å². The van der Waals surface area contributed by atoms with E-state index in [1.165, 1.54) is 24.3 Å². The summed E-state index contributed by atoms with van der Waals surface area (Å²) in [7, 11) is 0. The van der Waals surface area contributed by atoms with Crippen LogP contribution in [-0.4, -0.2) is 17.5 Å². The molecule has 0 radical (unpaired) electrons. The predicted octanol–water partition coefficient (Wildman–Crippen LogP) is 3.74. The lowest BCUT2D eigenvalue weighted by Crippen LogP contribution is -2.16. The number of esters is 1. The van der Waals surface area contributed by atoms with Gasteiger partial charge in [-0.25, -0.2) is 4.79 Å². The predicted molar refractivity (Wildman–Crippen MR) is 76.6 cm³/mol. The maximum absolute atomic E-state index is 11.8. The van der Waals surface area contributed by atoms with Crippen LogP contribution in [0.3, 0.4) is 0 Å². The summed E-state index contributed by atoms with van der Waals surface area (Å²) in [5, 5.41) is 10.5. The number of allylic oxidation sites excluding steroid dienone is 1. The summed E-state index contributed by atoms with van der Waals surface area (Å²) in [6.07, 6.45) is 3.43. The highest BCUT2D eigenvalue weighted by Crippen LogP contribution is 2.25. The quantitative estimate of drug-likeness (QED) is 0.329. The van der Waals surface area contributed by atoms with Crippen molar-refractivity contribution in [3.05, 3.63) is 52.6 Å². The molecule has 0 spiro atoms. The van der Waals surface area contributed by atoms with Gasteiger partial charge in [-0.15, -0.1) is 6.58 Å². The van der Waals surface area contributed by atoms with Crippen LogP contribution in [0.15, 0.2) is 36.9 Å². The van der Waals surface area contributed by atoms with Crippen LogP contribution in [0.25, 0.3) is 0 Å². The molecular weight excluding hydrogens is 258 g/mol. The molecule has 0 amide bonds. The van der Waals surface area contributed by atoms with Gasteiger partial charge < -0.3 is 4.74 Å². The van der Waals surface area contributed by atoms with Gasteiger partial charge in [0.1, 0.15) is 0 Å². The Morgan fingerprint density at radius 1 is 1.40 bits per heavy atom. The van der Waals surface area contributed by atoms with Gasteiger partial charge in [-0.1, -0.05) is 19.9 Å². The Bertz CT molecular complexity index is 491. The maximum Gasteiger partial charge on any atom is 0.338 e. The van der Waals surface area contributed by atoms with Gasteiger partial charge in [-0.3, -0.25) is 10.1 Å². The van der Waals surface area contributed by atoms with Crippen LogP contribution in [-0.2, 0) is 4.74 Å². The fourth-order valence-corrected chi connectivity index (χ4v) is 1.72. The van der Waals surface area contributed by atoms with Gasteiger partial charge in [-0.2, -0.15) is 0 Å². The number of ether oxygens (including phenoxy) is 1. The van der Waals surface area contributed by atoms with E-state index in [-0.39, 0.29) is 11.1 Å². The minimum absolute atomic E-state index is 0.0392. The highest BCUT2D eigenvalue weighted by Gasteiger charge is 2.17. The highest BCUT2D eigenvalue weighted by molar-refractivity contribution is 5.89. The zero-order valence-electron chi connectivity index (χ0n) is 11.8. The van der Waals surface area contributed by atoms with E-state index in [1.807, 2.05) is 6.08 Å². The zero-order chi connectivity index (χ0) is 15.2. The fraction of sp³-hybridized carbons (Fsp3) is 0.400. The van der Waals surface area contributed by atoms with Crippen molar-refractivity contribution in [1.82, 2.24) is 0 Å². The third-order valence-corrected chi connectivity index (χ3v) is 3.02. The topological polar surface area (TPSA) is 69.4 Å². The minimum Gasteiger partial charge on any atom is -0.462 e. The second kappa shape index (κ2) is 6.84. The lowest BCUT2D eigenvalue weighted by Gasteiger charge is -2.22. The first kappa shape index (κ1) is 15.9. The molecule has 0 saturated carbocycles. The summed E-state index contributed by atoms with van der Waals surface area (Å²) >= 11 is 0. The molecule has 108 valence electrons. The van der Waals surface area contributed by atoms with Crippen molar-refractivity contribution in [3.8, 4) is 0 Å². The normalized spacial score (nSPS) is 10.9. The summed E-state index contributed by atoms with van der Waals surface area (Å²) in [6, 6.07) is 5.38. The molecule has 1 aromatic carbocycles. The number of benzene rings is 1. The Morgan fingerprint density at radius 2 is 2.00 bits per heavy atom. The molecule has 0 fully saturated rings. The molecular formula is C15H19NO4. The Kier molecular flexibility index (Phi) is 5.43. The lowest BCUT2D eigenvalue weighted by molar-refractivity contribution is -0.384. The SMILES string of the molecule is C=CCC(C)(C)CCOC(=O)c1ccc([N+](=O)[O-])cc1. The molecule has 0 atom stereocenters. The molecule has 0 aliphatic rings. The molecule has 5 heteroatoms. The monoisotopic (exact) mass is 277 g/mol. The Labute approximate surface area is 118 Å². The lowest BCUT2D eigenvalue weighted by atomic mass is 9.86. The first-order chi connectivity index (χ1) is 9.35. The first-order valence-electron chi connectivity index (χ1n) is 6.38. The van der Waals surface area contributed by atoms with E-state index in [1.54, 1.807) is 0 Å². The maximum atomic E-state index is 11.8. The van der Waals surface area contributed by atoms with Crippen LogP contribution >= 0.6 is 0 Å². The van der Waals surface area contributed by atoms with E-state index < -0.39 is 10.9 Å². The molecule has 0 N–H and O–H groups in total. The summed E-state index contributed by atoms with van der Waals surface area (Å²) < 4.78 is 5.17. The average molecular weight is 277 g/mol. The number of rotatable bonds is 7. The van der Waals surface area contributed by atoms with E-state index >= 15 is 0 Å². The highest BCUT2D eigenvalue weighted by atomic mass is 16.6. The zero-order valence-corrected chi connectivity index (χ0v) is 11.8. The second-order valence-corrected chi connectivity index (χ2v) is 5.35. The van der Waals surface area contributed by atoms with Crippen molar-refractivity contribution in [2.45, 2.75) is 26.7 Å². The summed E-state index contributed by atoms with van der Waals surface area (Å²) in [4.78, 5) is 21.8. The van der Waals surface area contributed by atoms with Crippen molar-refractivity contribution in [2.75, 3.05) is 6.61 Å². The molecule has 0 heterocycles. The van der Waals surface area contributed by atoms with E-state index in [2.05, 4.69) is 20.4 Å². The van der Waals surface area contributed by atoms with Gasteiger partial charge in [0.05, 0.1) is 17.1 Å². The summed E-state index contributed by atoms with van der Waals surface area (Å²) in [5.74, 6) is -0.464. The third kappa shape index (κ3) is 4.84. The Balaban J connectivity index is 2.51. The van der Waals surface area contributed by atoms with E-state index in [4.69, 9.17) is 4.74 Å². The molecule has 5 nitrogen and oxygen atoms in total. The van der Waals surface area contributed by atoms with Crippen LogP contribution in [0, 0.1) is 15.5 Å². The van der Waals surface area contributed by atoms with Gasteiger partial charge >= 0.3 is 5.97 Å². The van der Waals surface area contributed by atoms with Crippen LogP contribution < -0.4 is 0 Å². The molecule has 0 aliphatic carbocycles. The standard InChI is InChI=1S/C15H19NO4/c1-4-9-15(2,3)10-11-20-14(17)12-5-7-13(8-6-12)16(18)19/h4-8H,1,9-11H2,2-3H3. The molecule has 0 aromatic heterocycles. The number of hydrogen-bond donors (Lipinski definition) is 0. The van der Waals surface area contributed by atoms with Crippen molar-refractivity contribution in [2.24, 2.45) is 5.41 Å². The van der Waals surface area contributed by atoms with Gasteiger partial charge in [0, 0.05) is 12.1 Å². The van der Waals surface area contributed by atoms with Crippen LogP contribution in [0.5, 0.6) is 0 Å². The average Bonchev–Trinajstić information content (AvgIpc) is 2.38. The molecule has 0 bridgehead atoms. The Hall–Kier alpha value is -2.17. The van der Waals surface area contributed by atoms with Crippen molar-refractivity contribution in [3.63, 3.8) is 0 Å². The number of carbonyl (C=O) groups excluding carboxylic acids is 1. The number of carbonyl (C=O) groups is 1. The molecule has 0 unspecified atom stereocenters. The van der Waals surface area contributed by atoms with Gasteiger partial charge in [0.25, 0.3) is 5.69 Å². The van der Waals surface area contributed by atoms with E-state index in [0.717, 1.165) is 12.8 Å². The minimum atomic E-state index is -0.507. The fourth-order valence-electron chi connectivity index (χ4n) is 1.72. The Morgan fingerprint density at radius 3 is 2.50 bits per heavy atom. The number of hydrogen-bond acceptors (Lipinski definition) is 4. The molecule has 1 rings (SSSR count). The van der Waals surface area contributed by atoms with Crippen molar-refractivity contribution < 1.29 is 14.5 Å². The third-order valence-electron chi connectivity index (χ3n) is 3.02. The number of non-ortho nitro benzene ring substituents is 1. The first-order valence-corrected chi connectivity index (χ1v) is 6.38. The van der Waals surface area contributed by atoms with E-state index in [9.17, 15) is 14.9 Å². The van der Waals surface area contributed by atoms with Crippen LogP contribution in [0.4, 0.5) is 5.69 Å². The van der Waals surface area contributed by atoms with Crippen molar-refractivity contribution in [1.29, 1.82) is 0 Å². The second-order valence-electron chi connectivity index (χ2n) is 5.35. The van der Waals surface area contributed by atoms with Gasteiger partial charge in [-0.05, 0) is 30.4 Å².